The number of ether oxygens (including phenoxy) is 2. The summed E-state index contributed by atoms with van der Waals surface area (Å²) in [6.45, 7) is 5.35. The van der Waals surface area contributed by atoms with E-state index in [-0.39, 0.29) is 11.4 Å². The molecule has 3 rings (SSSR count). The quantitative estimate of drug-likeness (QED) is 0.646. The molecule has 0 saturated carbocycles. The Morgan fingerprint density at radius 1 is 1.10 bits per heavy atom. The summed E-state index contributed by atoms with van der Waals surface area (Å²) < 4.78 is 12.1. The van der Waals surface area contributed by atoms with Crippen LogP contribution in [0, 0.1) is 13.8 Å². The second-order valence-corrected chi connectivity index (χ2v) is 6.68. The zero-order valence-electron chi connectivity index (χ0n) is 16.8. The van der Waals surface area contributed by atoms with Crippen LogP contribution in [0.25, 0.3) is 5.69 Å². The van der Waals surface area contributed by atoms with Gasteiger partial charge in [-0.15, -0.1) is 0 Å². The first-order chi connectivity index (χ1) is 13.9. The molecule has 29 heavy (non-hydrogen) atoms. The molecule has 0 bridgehead atoms. The fourth-order valence-corrected chi connectivity index (χ4v) is 2.74. The number of methoxy groups -OCH3 is 1. The molecule has 0 aliphatic carbocycles. The zero-order valence-corrected chi connectivity index (χ0v) is 16.8. The van der Waals surface area contributed by atoms with Crippen LogP contribution in [-0.2, 0) is 9.53 Å². The normalized spacial score (nSPS) is 11.6. The maximum Gasteiger partial charge on any atom is 0.363 e. The maximum absolute atomic E-state index is 12.6. The number of nitrogens with zero attached hydrogens (tertiary/aromatic N) is 2. The van der Waals surface area contributed by atoms with E-state index in [2.05, 4.69) is 10.4 Å². The number of aryl methyl sites for hydroxylation is 2. The third kappa shape index (κ3) is 4.63. The number of hydrogen-bond donors (Lipinski definition) is 1. The molecule has 0 saturated heterocycles. The van der Waals surface area contributed by atoms with Gasteiger partial charge in [0.25, 0.3) is 5.91 Å². The molecule has 1 heterocycles. The molecule has 0 aliphatic heterocycles. The molecule has 2 aromatic carbocycles. The van der Waals surface area contributed by atoms with E-state index >= 15 is 0 Å². The van der Waals surface area contributed by atoms with Gasteiger partial charge in [-0.1, -0.05) is 30.3 Å². The van der Waals surface area contributed by atoms with Crippen LogP contribution in [-0.4, -0.2) is 34.9 Å². The number of nitrogens with one attached hydrogen (secondary N) is 1. The van der Waals surface area contributed by atoms with Crippen molar-refractivity contribution < 1.29 is 19.1 Å². The van der Waals surface area contributed by atoms with Gasteiger partial charge in [0.05, 0.1) is 19.0 Å². The van der Waals surface area contributed by atoms with Crippen LogP contribution in [0.3, 0.4) is 0 Å². The Bertz CT molecular complexity index is 1030. The van der Waals surface area contributed by atoms with Crippen molar-refractivity contribution in [2.24, 2.45) is 0 Å². The molecule has 0 unspecified atom stereocenters. The summed E-state index contributed by atoms with van der Waals surface area (Å²) >= 11 is 0. The summed E-state index contributed by atoms with van der Waals surface area (Å²) in [5.74, 6) is -0.894. The molecule has 7 heteroatoms. The number of amides is 1. The minimum atomic E-state index is -1.01. The minimum absolute atomic E-state index is 0.00254. The maximum atomic E-state index is 12.6. The van der Waals surface area contributed by atoms with Crippen molar-refractivity contribution in [1.82, 2.24) is 9.78 Å². The van der Waals surface area contributed by atoms with Crippen molar-refractivity contribution in [3.05, 3.63) is 71.5 Å². The Morgan fingerprint density at radius 2 is 1.83 bits per heavy atom. The van der Waals surface area contributed by atoms with E-state index in [0.717, 1.165) is 16.8 Å². The predicted octanol–water partition coefficient (Wildman–Crippen LogP) is 3.68. The molecular formula is C22H23N3O4. The lowest BCUT2D eigenvalue weighted by Gasteiger charge is -2.14. The monoisotopic (exact) mass is 393 g/mol. The molecule has 0 radical (unpaired) electrons. The summed E-state index contributed by atoms with van der Waals surface area (Å²) in [4.78, 5) is 25.1. The molecule has 7 nitrogen and oxygen atoms in total. The van der Waals surface area contributed by atoms with E-state index in [4.69, 9.17) is 9.47 Å². The van der Waals surface area contributed by atoms with E-state index in [0.29, 0.717) is 5.69 Å². The number of benzene rings is 2. The van der Waals surface area contributed by atoms with Crippen molar-refractivity contribution in [1.29, 1.82) is 0 Å². The zero-order chi connectivity index (χ0) is 21.0. The highest BCUT2D eigenvalue weighted by atomic mass is 16.6. The summed E-state index contributed by atoms with van der Waals surface area (Å²) in [5.41, 5.74) is 3.40. The van der Waals surface area contributed by atoms with E-state index in [9.17, 15) is 9.59 Å². The van der Waals surface area contributed by atoms with Crippen LogP contribution < -0.4 is 10.1 Å². The summed E-state index contributed by atoms with van der Waals surface area (Å²) in [5, 5.41) is 7.05. The van der Waals surface area contributed by atoms with Crippen molar-refractivity contribution in [2.75, 3.05) is 12.4 Å². The first kappa shape index (κ1) is 20.1. The number of carbonyl (C=O) groups excluding carboxylic acids is 2. The van der Waals surface area contributed by atoms with Gasteiger partial charge >= 0.3 is 5.97 Å². The van der Waals surface area contributed by atoms with Crippen LogP contribution in [0.4, 0.5) is 5.69 Å². The van der Waals surface area contributed by atoms with Crippen LogP contribution in [0.15, 0.2) is 54.7 Å². The number of rotatable bonds is 6. The fraction of sp³-hybridized carbons (Fsp3) is 0.227. The largest absolute Gasteiger partial charge is 0.493 e. The van der Waals surface area contributed by atoms with Gasteiger partial charge in [0.1, 0.15) is 0 Å². The van der Waals surface area contributed by atoms with Gasteiger partial charge in [0.15, 0.2) is 11.9 Å². The number of hydrogen-bond acceptors (Lipinski definition) is 5. The lowest BCUT2D eigenvalue weighted by Crippen LogP contribution is -2.30. The molecular weight excluding hydrogens is 370 g/mol. The van der Waals surface area contributed by atoms with Crippen LogP contribution in [0.5, 0.6) is 5.75 Å². The molecule has 150 valence electrons. The van der Waals surface area contributed by atoms with Crippen molar-refractivity contribution in [2.45, 2.75) is 26.9 Å². The highest BCUT2D eigenvalue weighted by Crippen LogP contribution is 2.21. The first-order valence-electron chi connectivity index (χ1n) is 9.17. The number of para-hydroxylation sites is 1. The minimum Gasteiger partial charge on any atom is -0.493 e. The van der Waals surface area contributed by atoms with E-state index < -0.39 is 18.0 Å². The molecule has 1 atom stereocenters. The third-order valence-electron chi connectivity index (χ3n) is 4.42. The summed E-state index contributed by atoms with van der Waals surface area (Å²) in [6, 6.07) is 15.1. The van der Waals surface area contributed by atoms with Crippen LogP contribution >= 0.6 is 0 Å². The SMILES string of the molecule is COc1cn(-c2ccccc2)nc1C(=O)O[C@H](C)C(=O)Nc1cc(C)ccc1C. The van der Waals surface area contributed by atoms with Gasteiger partial charge in [-0.05, 0) is 50.1 Å². The second-order valence-electron chi connectivity index (χ2n) is 6.68. The molecule has 1 N–H and O–H groups in total. The molecule has 3 aromatic rings. The van der Waals surface area contributed by atoms with Gasteiger partial charge in [-0.2, -0.15) is 5.10 Å². The molecule has 0 aliphatic rings. The molecule has 0 fully saturated rings. The average Bonchev–Trinajstić information content (AvgIpc) is 3.16. The summed E-state index contributed by atoms with van der Waals surface area (Å²) in [6.07, 6.45) is 0.584. The standard InChI is InChI=1S/C22H23N3O4/c1-14-10-11-15(2)18(12-14)23-21(26)16(3)29-22(27)20-19(28-4)13-25(24-20)17-8-6-5-7-9-17/h5-13,16H,1-4H3,(H,23,26)/t16-/m1/s1. The van der Waals surface area contributed by atoms with E-state index in [1.54, 1.807) is 6.20 Å². The van der Waals surface area contributed by atoms with Gasteiger partial charge in [-0.3, -0.25) is 4.79 Å². The Hall–Kier alpha value is -3.61. The van der Waals surface area contributed by atoms with Crippen LogP contribution in [0.2, 0.25) is 0 Å². The number of anilines is 1. The summed E-state index contributed by atoms with van der Waals surface area (Å²) in [7, 11) is 1.44. The lowest BCUT2D eigenvalue weighted by molar-refractivity contribution is -0.123. The number of carbonyl (C=O) groups is 2. The van der Waals surface area contributed by atoms with Crippen molar-refractivity contribution in [3.8, 4) is 11.4 Å². The Labute approximate surface area is 169 Å². The average molecular weight is 393 g/mol. The molecule has 1 aromatic heterocycles. The highest BCUT2D eigenvalue weighted by molar-refractivity contribution is 5.98. The smallest absolute Gasteiger partial charge is 0.363 e. The Balaban J connectivity index is 1.73. The first-order valence-corrected chi connectivity index (χ1v) is 9.17. The van der Waals surface area contributed by atoms with Crippen molar-refractivity contribution in [3.63, 3.8) is 0 Å². The van der Waals surface area contributed by atoms with Gasteiger partial charge in [0.2, 0.25) is 5.69 Å². The molecule has 1 amide bonds. The predicted molar refractivity (Wildman–Crippen MR) is 110 cm³/mol. The second kappa shape index (κ2) is 8.60. The van der Waals surface area contributed by atoms with Gasteiger partial charge < -0.3 is 14.8 Å². The lowest BCUT2D eigenvalue weighted by atomic mass is 10.1. The van der Waals surface area contributed by atoms with Crippen LogP contribution in [0.1, 0.15) is 28.5 Å². The fourth-order valence-electron chi connectivity index (χ4n) is 2.74. The number of esters is 1. The van der Waals surface area contributed by atoms with Gasteiger partial charge in [-0.25, -0.2) is 9.48 Å². The highest BCUT2D eigenvalue weighted by Gasteiger charge is 2.25. The number of aromatic nitrogens is 2. The third-order valence-corrected chi connectivity index (χ3v) is 4.42. The Morgan fingerprint density at radius 3 is 2.52 bits per heavy atom. The van der Waals surface area contributed by atoms with Gasteiger partial charge in [0, 0.05) is 5.69 Å². The topological polar surface area (TPSA) is 82.5 Å². The van der Waals surface area contributed by atoms with E-state index in [1.165, 1.54) is 18.7 Å². The Kier molecular flexibility index (Phi) is 5.97. The van der Waals surface area contributed by atoms with E-state index in [1.807, 2.05) is 62.4 Å². The van der Waals surface area contributed by atoms with Crippen molar-refractivity contribution >= 4 is 17.6 Å². The molecule has 0 spiro atoms.